The fourth-order valence-corrected chi connectivity index (χ4v) is 2.22. The Morgan fingerprint density at radius 2 is 1.86 bits per heavy atom. The van der Waals surface area contributed by atoms with E-state index in [1.54, 1.807) is 0 Å². The van der Waals surface area contributed by atoms with Crippen LogP contribution in [0.5, 0.6) is 0 Å². The number of hydrogen-bond donors (Lipinski definition) is 0. The number of carbonyl (C=O) groups excluding carboxylic acids is 1. The Morgan fingerprint density at radius 1 is 1.29 bits per heavy atom. The highest BCUT2D eigenvalue weighted by atomic mass is 16.5. The summed E-state index contributed by atoms with van der Waals surface area (Å²) in [6.07, 6.45) is 4.60. The summed E-state index contributed by atoms with van der Waals surface area (Å²) in [4.78, 5) is 11.7. The van der Waals surface area contributed by atoms with Gasteiger partial charge >= 0.3 is 0 Å². The number of ketones is 1. The standard InChI is InChI=1S/C12H22O2/c1-4-14-11-7-5-10(6-8-11)12(13)9(2)3/h9-11H,4-8H2,1-3H3. The minimum Gasteiger partial charge on any atom is -0.379 e. The van der Waals surface area contributed by atoms with Crippen LogP contribution in [0.1, 0.15) is 46.5 Å². The monoisotopic (exact) mass is 198 g/mol. The van der Waals surface area contributed by atoms with Gasteiger partial charge in [-0.25, -0.2) is 0 Å². The Labute approximate surface area is 87.0 Å². The van der Waals surface area contributed by atoms with Crippen molar-refractivity contribution >= 4 is 5.78 Å². The lowest BCUT2D eigenvalue weighted by Crippen LogP contribution is -2.28. The molecule has 0 aromatic carbocycles. The summed E-state index contributed by atoms with van der Waals surface area (Å²) in [5, 5.41) is 0. The van der Waals surface area contributed by atoms with Crippen LogP contribution >= 0.6 is 0 Å². The number of Topliss-reactive ketones (excluding diaryl/α,β-unsaturated/α-hetero) is 1. The van der Waals surface area contributed by atoms with Gasteiger partial charge in [0.05, 0.1) is 6.10 Å². The number of carbonyl (C=O) groups is 1. The van der Waals surface area contributed by atoms with Gasteiger partial charge in [-0.1, -0.05) is 13.8 Å². The van der Waals surface area contributed by atoms with Crippen LogP contribution < -0.4 is 0 Å². The summed E-state index contributed by atoms with van der Waals surface area (Å²) in [7, 11) is 0. The van der Waals surface area contributed by atoms with Crippen LogP contribution in [0.15, 0.2) is 0 Å². The zero-order valence-corrected chi connectivity index (χ0v) is 9.58. The minimum atomic E-state index is 0.198. The topological polar surface area (TPSA) is 26.3 Å². The van der Waals surface area contributed by atoms with Crippen LogP contribution in [0.25, 0.3) is 0 Å². The second kappa shape index (κ2) is 5.50. The first-order valence-corrected chi connectivity index (χ1v) is 5.80. The van der Waals surface area contributed by atoms with E-state index in [0.29, 0.717) is 17.8 Å². The molecule has 0 aliphatic heterocycles. The first-order chi connectivity index (χ1) is 6.65. The lowest BCUT2D eigenvalue weighted by Gasteiger charge is -2.28. The van der Waals surface area contributed by atoms with Gasteiger partial charge in [0.2, 0.25) is 0 Å². The summed E-state index contributed by atoms with van der Waals surface area (Å²) in [6, 6.07) is 0. The predicted molar refractivity (Wildman–Crippen MR) is 57.2 cm³/mol. The van der Waals surface area contributed by atoms with E-state index in [0.717, 1.165) is 32.3 Å². The van der Waals surface area contributed by atoms with Gasteiger partial charge in [0, 0.05) is 18.4 Å². The lowest BCUT2D eigenvalue weighted by molar-refractivity contribution is -0.127. The van der Waals surface area contributed by atoms with Gasteiger partial charge in [0.1, 0.15) is 5.78 Å². The van der Waals surface area contributed by atoms with Crippen molar-refractivity contribution in [3.05, 3.63) is 0 Å². The number of rotatable bonds is 4. The fourth-order valence-electron chi connectivity index (χ4n) is 2.22. The molecule has 0 bridgehead atoms. The van der Waals surface area contributed by atoms with Crippen LogP contribution in [0.4, 0.5) is 0 Å². The Morgan fingerprint density at radius 3 is 2.29 bits per heavy atom. The summed E-state index contributed by atoms with van der Waals surface area (Å²) >= 11 is 0. The van der Waals surface area contributed by atoms with Crippen molar-refractivity contribution < 1.29 is 9.53 Å². The predicted octanol–water partition coefficient (Wildman–Crippen LogP) is 2.81. The van der Waals surface area contributed by atoms with E-state index in [9.17, 15) is 4.79 Å². The third-order valence-electron chi connectivity index (χ3n) is 3.05. The quantitative estimate of drug-likeness (QED) is 0.694. The SMILES string of the molecule is CCOC1CCC(C(=O)C(C)C)CC1. The van der Waals surface area contributed by atoms with Crippen molar-refractivity contribution in [2.75, 3.05) is 6.61 Å². The fraction of sp³-hybridized carbons (Fsp3) is 0.917. The maximum Gasteiger partial charge on any atom is 0.138 e. The molecule has 0 amide bonds. The van der Waals surface area contributed by atoms with Crippen LogP contribution in [-0.4, -0.2) is 18.5 Å². The highest BCUT2D eigenvalue weighted by Gasteiger charge is 2.27. The maximum atomic E-state index is 11.7. The smallest absolute Gasteiger partial charge is 0.138 e. The molecule has 0 spiro atoms. The van der Waals surface area contributed by atoms with Crippen LogP contribution in [0, 0.1) is 11.8 Å². The molecule has 0 aromatic heterocycles. The van der Waals surface area contributed by atoms with Gasteiger partial charge in [-0.05, 0) is 32.6 Å². The van der Waals surface area contributed by atoms with Gasteiger partial charge in [-0.3, -0.25) is 4.79 Å². The maximum absolute atomic E-state index is 11.7. The summed E-state index contributed by atoms with van der Waals surface area (Å²) in [6.45, 7) is 6.83. The average Bonchev–Trinajstić information content (AvgIpc) is 2.18. The summed E-state index contributed by atoms with van der Waals surface area (Å²) < 4.78 is 5.56. The van der Waals surface area contributed by atoms with Gasteiger partial charge in [0.25, 0.3) is 0 Å². The number of ether oxygens (including phenoxy) is 1. The van der Waals surface area contributed by atoms with Crippen molar-refractivity contribution in [2.45, 2.75) is 52.6 Å². The Balaban J connectivity index is 2.32. The molecular formula is C12H22O2. The van der Waals surface area contributed by atoms with E-state index in [1.807, 2.05) is 20.8 Å². The van der Waals surface area contributed by atoms with E-state index in [2.05, 4.69) is 0 Å². The normalized spacial score (nSPS) is 28.0. The Kier molecular flexibility index (Phi) is 4.59. The Bertz CT molecular complexity index is 179. The van der Waals surface area contributed by atoms with E-state index in [4.69, 9.17) is 4.74 Å². The number of hydrogen-bond acceptors (Lipinski definition) is 2. The summed E-state index contributed by atoms with van der Waals surface area (Å²) in [5.74, 6) is 0.954. The molecular weight excluding hydrogens is 176 g/mol. The molecule has 0 saturated heterocycles. The van der Waals surface area contributed by atoms with Crippen molar-refractivity contribution in [1.29, 1.82) is 0 Å². The molecule has 1 saturated carbocycles. The third kappa shape index (κ3) is 3.09. The molecule has 0 N–H and O–H groups in total. The molecule has 1 rings (SSSR count). The lowest BCUT2D eigenvalue weighted by atomic mass is 9.81. The van der Waals surface area contributed by atoms with Crippen LogP contribution in [-0.2, 0) is 9.53 Å². The molecule has 0 unspecified atom stereocenters. The molecule has 1 fully saturated rings. The molecule has 2 heteroatoms. The van der Waals surface area contributed by atoms with Crippen molar-refractivity contribution in [3.63, 3.8) is 0 Å². The zero-order valence-electron chi connectivity index (χ0n) is 9.58. The highest BCUT2D eigenvalue weighted by Crippen LogP contribution is 2.28. The Hall–Kier alpha value is -0.370. The average molecular weight is 198 g/mol. The first kappa shape index (κ1) is 11.7. The van der Waals surface area contributed by atoms with Gasteiger partial charge in [-0.15, -0.1) is 0 Å². The van der Waals surface area contributed by atoms with Crippen LogP contribution in [0.2, 0.25) is 0 Å². The second-order valence-electron chi connectivity index (χ2n) is 4.49. The molecule has 0 aromatic rings. The molecule has 1 aliphatic carbocycles. The third-order valence-corrected chi connectivity index (χ3v) is 3.05. The van der Waals surface area contributed by atoms with E-state index in [1.165, 1.54) is 0 Å². The molecule has 82 valence electrons. The minimum absolute atomic E-state index is 0.198. The van der Waals surface area contributed by atoms with E-state index < -0.39 is 0 Å². The van der Waals surface area contributed by atoms with Gasteiger partial charge in [0.15, 0.2) is 0 Å². The molecule has 14 heavy (non-hydrogen) atoms. The van der Waals surface area contributed by atoms with E-state index >= 15 is 0 Å². The van der Waals surface area contributed by atoms with E-state index in [-0.39, 0.29) is 5.92 Å². The molecule has 0 radical (unpaired) electrons. The zero-order chi connectivity index (χ0) is 10.6. The van der Waals surface area contributed by atoms with Crippen molar-refractivity contribution in [3.8, 4) is 0 Å². The molecule has 0 heterocycles. The first-order valence-electron chi connectivity index (χ1n) is 5.80. The van der Waals surface area contributed by atoms with Crippen LogP contribution in [0.3, 0.4) is 0 Å². The molecule has 2 nitrogen and oxygen atoms in total. The van der Waals surface area contributed by atoms with Crippen molar-refractivity contribution in [1.82, 2.24) is 0 Å². The van der Waals surface area contributed by atoms with Gasteiger partial charge < -0.3 is 4.74 Å². The highest BCUT2D eigenvalue weighted by molar-refractivity contribution is 5.82. The largest absolute Gasteiger partial charge is 0.379 e. The summed E-state index contributed by atoms with van der Waals surface area (Å²) in [5.41, 5.74) is 0. The molecule has 1 aliphatic rings. The second-order valence-corrected chi connectivity index (χ2v) is 4.49. The molecule has 0 atom stereocenters. The van der Waals surface area contributed by atoms with Crippen molar-refractivity contribution in [2.24, 2.45) is 11.8 Å². The van der Waals surface area contributed by atoms with Gasteiger partial charge in [-0.2, -0.15) is 0 Å².